The van der Waals surface area contributed by atoms with Crippen LogP contribution >= 0.6 is 0 Å². The Labute approximate surface area is 126 Å². The lowest BCUT2D eigenvalue weighted by atomic mass is 10.3. The van der Waals surface area contributed by atoms with E-state index in [4.69, 9.17) is 10.5 Å². The van der Waals surface area contributed by atoms with Crippen molar-refractivity contribution in [2.45, 2.75) is 19.8 Å². The van der Waals surface area contributed by atoms with Crippen LogP contribution in [0.25, 0.3) is 11.0 Å². The van der Waals surface area contributed by atoms with Crippen molar-refractivity contribution in [3.8, 4) is 5.75 Å². The Morgan fingerprint density at radius 2 is 2.18 bits per heavy atom. The number of para-hydroxylation sites is 1. The number of ether oxygens (including phenoxy) is 1. The summed E-state index contributed by atoms with van der Waals surface area (Å²) in [6, 6.07) is 4.65. The average Bonchev–Trinajstić information content (AvgIpc) is 2.48. The van der Waals surface area contributed by atoms with Crippen molar-refractivity contribution in [2.24, 2.45) is 0 Å². The SMILES string of the molecule is CC(=O)NCCCCOc1cccc2c1[n+]([O-])c(N)n[n+]2[O-]. The molecule has 1 heterocycles. The Kier molecular flexibility index (Phi) is 4.77. The molecule has 0 bridgehead atoms. The molecule has 3 N–H and O–H groups in total. The van der Waals surface area contributed by atoms with Gasteiger partial charge in [0.1, 0.15) is 0 Å². The first-order chi connectivity index (χ1) is 10.5. The standard InChI is InChI=1S/C13H17N5O4/c1-9(19)15-7-2-3-8-22-11-6-4-5-10-12(11)17(20)13(14)16-18(10)21/h4-6H,2-3,7-8H2,1H3,(H2,14,16)(H,15,19). The van der Waals surface area contributed by atoms with E-state index < -0.39 is 5.95 Å². The van der Waals surface area contributed by atoms with Gasteiger partial charge in [0.15, 0.2) is 5.75 Å². The third-order valence-electron chi connectivity index (χ3n) is 2.99. The largest absolute Gasteiger partial charge is 0.739 e. The number of anilines is 1. The normalized spacial score (nSPS) is 10.6. The minimum atomic E-state index is -0.441. The van der Waals surface area contributed by atoms with Crippen molar-refractivity contribution >= 4 is 22.9 Å². The second-order valence-corrected chi connectivity index (χ2v) is 4.69. The molecular weight excluding hydrogens is 290 g/mol. The lowest BCUT2D eigenvalue weighted by molar-refractivity contribution is -0.672. The minimum absolute atomic E-state index is 0.0480. The van der Waals surface area contributed by atoms with E-state index in [-0.39, 0.29) is 22.7 Å². The van der Waals surface area contributed by atoms with Crippen molar-refractivity contribution < 1.29 is 19.1 Å². The summed E-state index contributed by atoms with van der Waals surface area (Å²) < 4.78 is 5.92. The van der Waals surface area contributed by atoms with Crippen molar-refractivity contribution in [2.75, 3.05) is 18.9 Å². The van der Waals surface area contributed by atoms with Gasteiger partial charge in [0.05, 0.1) is 6.61 Å². The highest BCUT2D eigenvalue weighted by atomic mass is 16.5. The van der Waals surface area contributed by atoms with E-state index >= 15 is 0 Å². The van der Waals surface area contributed by atoms with Crippen LogP contribution in [-0.4, -0.2) is 24.2 Å². The molecule has 0 spiro atoms. The monoisotopic (exact) mass is 307 g/mol. The van der Waals surface area contributed by atoms with Crippen molar-refractivity contribution in [3.63, 3.8) is 0 Å². The number of nitrogens with zero attached hydrogens (tertiary/aromatic N) is 3. The summed E-state index contributed by atoms with van der Waals surface area (Å²) in [5.74, 6) is -0.250. The van der Waals surface area contributed by atoms with Crippen LogP contribution in [0, 0.1) is 10.4 Å². The molecule has 118 valence electrons. The summed E-state index contributed by atoms with van der Waals surface area (Å²) >= 11 is 0. The van der Waals surface area contributed by atoms with Gasteiger partial charge < -0.3 is 20.5 Å². The highest BCUT2D eigenvalue weighted by Gasteiger charge is 2.20. The molecule has 0 saturated heterocycles. The van der Waals surface area contributed by atoms with Crippen molar-refractivity contribution in [1.29, 1.82) is 0 Å². The molecule has 0 unspecified atom stereocenters. The van der Waals surface area contributed by atoms with Crippen LogP contribution in [-0.2, 0) is 4.79 Å². The number of hydrogen-bond acceptors (Lipinski definition) is 6. The van der Waals surface area contributed by atoms with Gasteiger partial charge >= 0.3 is 11.5 Å². The van der Waals surface area contributed by atoms with E-state index in [1.165, 1.54) is 13.0 Å². The van der Waals surface area contributed by atoms with Gasteiger partial charge in [0, 0.05) is 24.4 Å². The first-order valence-electron chi connectivity index (χ1n) is 6.79. The fourth-order valence-electron chi connectivity index (χ4n) is 1.96. The molecule has 22 heavy (non-hydrogen) atoms. The van der Waals surface area contributed by atoms with E-state index in [9.17, 15) is 15.2 Å². The van der Waals surface area contributed by atoms with E-state index in [0.29, 0.717) is 29.1 Å². The predicted octanol–water partition coefficient (Wildman–Crippen LogP) is -0.621. The van der Waals surface area contributed by atoms with Crippen LogP contribution in [0.4, 0.5) is 5.95 Å². The van der Waals surface area contributed by atoms with E-state index in [2.05, 4.69) is 10.4 Å². The van der Waals surface area contributed by atoms with Gasteiger partial charge in [-0.2, -0.15) is 0 Å². The minimum Gasteiger partial charge on any atom is -0.739 e. The van der Waals surface area contributed by atoms with Crippen LogP contribution in [0.3, 0.4) is 0 Å². The lowest BCUT2D eigenvalue weighted by Gasteiger charge is -2.12. The maximum absolute atomic E-state index is 12.0. The van der Waals surface area contributed by atoms with Gasteiger partial charge in [0.25, 0.3) is 0 Å². The second kappa shape index (κ2) is 6.74. The van der Waals surface area contributed by atoms with Gasteiger partial charge in [-0.1, -0.05) is 6.07 Å². The quantitative estimate of drug-likeness (QED) is 0.415. The number of unbranched alkanes of at least 4 members (excludes halogenated alkanes) is 1. The Bertz CT molecular complexity index is 692. The molecule has 1 aromatic carbocycles. The number of nitrogens with two attached hydrogens (primary N) is 1. The predicted molar refractivity (Wildman–Crippen MR) is 77.5 cm³/mol. The fraction of sp³-hybridized carbons (Fsp3) is 0.385. The number of benzene rings is 1. The van der Waals surface area contributed by atoms with Crippen LogP contribution in [0.15, 0.2) is 18.2 Å². The number of carbonyl (C=O) groups excluding carboxylic acids is 1. The summed E-state index contributed by atoms with van der Waals surface area (Å²) in [7, 11) is 0. The zero-order valence-corrected chi connectivity index (χ0v) is 12.1. The summed E-state index contributed by atoms with van der Waals surface area (Å²) in [4.78, 5) is 11.0. The molecule has 9 nitrogen and oxygen atoms in total. The fourth-order valence-corrected chi connectivity index (χ4v) is 1.96. The Hall–Kier alpha value is -2.84. The summed E-state index contributed by atoms with van der Waals surface area (Å²) in [5.41, 5.74) is 5.53. The molecule has 0 aliphatic rings. The number of carbonyl (C=O) groups is 1. The molecule has 2 aromatic rings. The molecule has 2 rings (SSSR count). The van der Waals surface area contributed by atoms with Crippen LogP contribution < -0.4 is 25.4 Å². The lowest BCUT2D eigenvalue weighted by Crippen LogP contribution is -2.44. The molecule has 1 amide bonds. The molecular formula is C13H17N5O4. The highest BCUT2D eigenvalue weighted by molar-refractivity contribution is 5.75. The maximum atomic E-state index is 12.0. The van der Waals surface area contributed by atoms with Crippen LogP contribution in [0.1, 0.15) is 19.8 Å². The van der Waals surface area contributed by atoms with Gasteiger partial charge in [-0.05, 0) is 18.9 Å². The first kappa shape index (κ1) is 15.5. The second-order valence-electron chi connectivity index (χ2n) is 4.69. The number of amides is 1. The number of nitrogen functional groups attached to an aromatic ring is 1. The number of nitrogens with one attached hydrogen (secondary N) is 1. The van der Waals surface area contributed by atoms with E-state index in [1.54, 1.807) is 12.1 Å². The van der Waals surface area contributed by atoms with Crippen LogP contribution in [0.2, 0.25) is 0 Å². The van der Waals surface area contributed by atoms with Crippen LogP contribution in [0.5, 0.6) is 5.75 Å². The number of aromatic nitrogens is 3. The van der Waals surface area contributed by atoms with E-state index in [0.717, 1.165) is 6.42 Å². The summed E-state index contributed by atoms with van der Waals surface area (Å²) in [5, 5.41) is 29.7. The van der Waals surface area contributed by atoms with Crippen molar-refractivity contribution in [3.05, 3.63) is 28.6 Å². The zero-order valence-electron chi connectivity index (χ0n) is 12.1. The Morgan fingerprint density at radius 3 is 2.91 bits per heavy atom. The molecule has 9 heteroatoms. The molecule has 0 atom stereocenters. The van der Waals surface area contributed by atoms with Gasteiger partial charge in [-0.15, -0.1) is 0 Å². The number of fused-ring (bicyclic) bond motifs is 1. The summed E-state index contributed by atoms with van der Waals surface area (Å²) in [6.45, 7) is 2.36. The molecule has 0 radical (unpaired) electrons. The van der Waals surface area contributed by atoms with Gasteiger partial charge in [-0.25, -0.2) is 4.73 Å². The molecule has 0 saturated carbocycles. The molecule has 1 aromatic heterocycles. The topological polar surface area (TPSA) is 131 Å². The Balaban J connectivity index is 2.07. The molecule has 0 fully saturated rings. The van der Waals surface area contributed by atoms with E-state index in [1.807, 2.05) is 0 Å². The molecule has 0 aliphatic carbocycles. The Morgan fingerprint density at radius 1 is 1.41 bits per heavy atom. The number of hydrogen-bond donors (Lipinski definition) is 2. The smallest absolute Gasteiger partial charge is 0.458 e. The average molecular weight is 307 g/mol. The summed E-state index contributed by atoms with van der Waals surface area (Å²) in [6.07, 6.45) is 1.43. The van der Waals surface area contributed by atoms with Gasteiger partial charge in [-0.3, -0.25) is 10.5 Å². The number of rotatable bonds is 6. The van der Waals surface area contributed by atoms with Gasteiger partial charge in [0.2, 0.25) is 16.5 Å². The maximum Gasteiger partial charge on any atom is 0.458 e. The third kappa shape index (κ3) is 3.43. The zero-order chi connectivity index (χ0) is 16.1. The first-order valence-corrected chi connectivity index (χ1v) is 6.79. The third-order valence-corrected chi connectivity index (χ3v) is 2.99. The molecule has 0 aliphatic heterocycles. The van der Waals surface area contributed by atoms with Crippen molar-refractivity contribution in [1.82, 2.24) is 10.4 Å². The highest BCUT2D eigenvalue weighted by Crippen LogP contribution is 2.20.